The summed E-state index contributed by atoms with van der Waals surface area (Å²) in [6.45, 7) is 0. The van der Waals surface area contributed by atoms with Crippen molar-refractivity contribution in [2.45, 2.75) is 6.42 Å². The van der Waals surface area contributed by atoms with E-state index in [9.17, 15) is 13.6 Å². The fourth-order valence-corrected chi connectivity index (χ4v) is 1.88. The Morgan fingerprint density at radius 3 is 2.32 bits per heavy atom. The van der Waals surface area contributed by atoms with Crippen molar-refractivity contribution < 1.29 is 13.6 Å². The molecule has 0 saturated heterocycles. The number of carbonyl (C=O) groups excluding carboxylic acids is 1. The molecule has 0 aliphatic heterocycles. The van der Waals surface area contributed by atoms with E-state index in [0.717, 1.165) is 18.2 Å². The Labute approximate surface area is 113 Å². The second kappa shape index (κ2) is 5.36. The molecule has 0 radical (unpaired) electrons. The quantitative estimate of drug-likeness (QED) is 0.690. The zero-order valence-electron chi connectivity index (χ0n) is 9.79. The minimum Gasteiger partial charge on any atom is -0.398 e. The SMILES string of the molecule is Nc1ccc(C(=O)Cc2cc(F)cc(F)c2)cc1Cl. The van der Waals surface area contributed by atoms with E-state index in [-0.39, 0.29) is 22.8 Å². The van der Waals surface area contributed by atoms with Gasteiger partial charge in [0.1, 0.15) is 11.6 Å². The second-order valence-corrected chi connectivity index (χ2v) is 4.52. The standard InChI is InChI=1S/C14H10ClF2NO/c15-12-6-9(1-2-13(12)18)14(19)5-8-3-10(16)7-11(17)4-8/h1-4,6-7H,5,18H2. The van der Waals surface area contributed by atoms with E-state index in [1.165, 1.54) is 18.2 Å². The molecule has 0 amide bonds. The number of hydrogen-bond donors (Lipinski definition) is 1. The Hall–Kier alpha value is -1.94. The van der Waals surface area contributed by atoms with Crippen LogP contribution in [0.4, 0.5) is 14.5 Å². The summed E-state index contributed by atoms with van der Waals surface area (Å²) in [5.74, 6) is -1.71. The summed E-state index contributed by atoms with van der Waals surface area (Å²) >= 11 is 5.81. The van der Waals surface area contributed by atoms with Crippen LogP contribution in [-0.4, -0.2) is 5.78 Å². The number of rotatable bonds is 3. The maximum Gasteiger partial charge on any atom is 0.167 e. The third-order valence-corrected chi connectivity index (χ3v) is 2.94. The van der Waals surface area contributed by atoms with Crippen molar-refractivity contribution in [1.29, 1.82) is 0 Å². The van der Waals surface area contributed by atoms with Gasteiger partial charge in [-0.3, -0.25) is 4.79 Å². The van der Waals surface area contributed by atoms with Crippen LogP contribution in [0.2, 0.25) is 5.02 Å². The molecule has 0 aliphatic carbocycles. The lowest BCUT2D eigenvalue weighted by atomic mass is 10.0. The molecule has 0 fully saturated rings. The number of halogens is 3. The zero-order chi connectivity index (χ0) is 14.0. The lowest BCUT2D eigenvalue weighted by molar-refractivity contribution is 0.0993. The predicted octanol–water partition coefficient (Wildman–Crippen LogP) is 3.63. The van der Waals surface area contributed by atoms with Gasteiger partial charge < -0.3 is 5.73 Å². The molecule has 2 aromatic carbocycles. The van der Waals surface area contributed by atoms with E-state index >= 15 is 0 Å². The summed E-state index contributed by atoms with van der Waals surface area (Å²) in [4.78, 5) is 12.0. The van der Waals surface area contributed by atoms with Crippen LogP contribution < -0.4 is 5.73 Å². The first kappa shape index (κ1) is 13.5. The summed E-state index contributed by atoms with van der Waals surface area (Å²) in [5.41, 5.74) is 6.53. The maximum absolute atomic E-state index is 13.0. The van der Waals surface area contributed by atoms with E-state index in [0.29, 0.717) is 11.3 Å². The fraction of sp³-hybridized carbons (Fsp3) is 0.0714. The van der Waals surface area contributed by atoms with Crippen molar-refractivity contribution in [3.8, 4) is 0 Å². The summed E-state index contributed by atoms with van der Waals surface area (Å²) in [6, 6.07) is 7.49. The van der Waals surface area contributed by atoms with E-state index in [1.807, 2.05) is 0 Å². The molecule has 19 heavy (non-hydrogen) atoms. The van der Waals surface area contributed by atoms with Crippen molar-refractivity contribution in [2.75, 3.05) is 5.73 Å². The smallest absolute Gasteiger partial charge is 0.167 e. The summed E-state index contributed by atoms with van der Waals surface area (Å²) in [7, 11) is 0. The Bertz CT molecular complexity index is 623. The summed E-state index contributed by atoms with van der Waals surface area (Å²) < 4.78 is 26.0. The Kier molecular flexibility index (Phi) is 3.81. The van der Waals surface area contributed by atoms with Gasteiger partial charge >= 0.3 is 0 Å². The Morgan fingerprint density at radius 2 is 1.74 bits per heavy atom. The number of ketones is 1. The highest BCUT2D eigenvalue weighted by Gasteiger charge is 2.10. The van der Waals surface area contributed by atoms with E-state index in [4.69, 9.17) is 17.3 Å². The van der Waals surface area contributed by atoms with Crippen LogP contribution in [0.1, 0.15) is 15.9 Å². The largest absolute Gasteiger partial charge is 0.398 e. The van der Waals surface area contributed by atoms with E-state index in [1.54, 1.807) is 0 Å². The van der Waals surface area contributed by atoms with Gasteiger partial charge in [0, 0.05) is 18.1 Å². The number of benzene rings is 2. The molecule has 0 aliphatic rings. The summed E-state index contributed by atoms with van der Waals surface area (Å²) in [5, 5.41) is 0.274. The van der Waals surface area contributed by atoms with Gasteiger partial charge in [-0.15, -0.1) is 0 Å². The number of nitrogens with two attached hydrogens (primary N) is 1. The number of nitrogen functional groups attached to an aromatic ring is 1. The monoisotopic (exact) mass is 281 g/mol. The summed E-state index contributed by atoms with van der Waals surface area (Å²) in [6.07, 6.45) is -0.102. The topological polar surface area (TPSA) is 43.1 Å². The van der Waals surface area contributed by atoms with Gasteiger partial charge in [-0.1, -0.05) is 11.6 Å². The van der Waals surface area contributed by atoms with Gasteiger partial charge in [0.15, 0.2) is 5.78 Å². The third kappa shape index (κ3) is 3.29. The molecule has 0 heterocycles. The Morgan fingerprint density at radius 1 is 1.11 bits per heavy atom. The number of carbonyl (C=O) groups is 1. The van der Waals surface area contributed by atoms with Crippen LogP contribution in [0.5, 0.6) is 0 Å². The molecule has 2 nitrogen and oxygen atoms in total. The van der Waals surface area contributed by atoms with Gasteiger partial charge in [0.05, 0.1) is 10.7 Å². The lowest BCUT2D eigenvalue weighted by Gasteiger charge is -2.04. The highest BCUT2D eigenvalue weighted by molar-refractivity contribution is 6.33. The average molecular weight is 282 g/mol. The van der Waals surface area contributed by atoms with Crippen LogP contribution in [0.3, 0.4) is 0 Å². The molecule has 0 bridgehead atoms. The minimum absolute atomic E-state index is 0.102. The zero-order valence-corrected chi connectivity index (χ0v) is 10.5. The molecule has 0 atom stereocenters. The van der Waals surface area contributed by atoms with Crippen LogP contribution in [-0.2, 0) is 6.42 Å². The maximum atomic E-state index is 13.0. The van der Waals surface area contributed by atoms with Crippen molar-refractivity contribution in [2.24, 2.45) is 0 Å². The van der Waals surface area contributed by atoms with Crippen molar-refractivity contribution >= 4 is 23.1 Å². The van der Waals surface area contributed by atoms with Crippen molar-refractivity contribution in [3.05, 3.63) is 64.2 Å². The lowest BCUT2D eigenvalue weighted by Crippen LogP contribution is -2.04. The molecule has 0 spiro atoms. The second-order valence-electron chi connectivity index (χ2n) is 4.11. The van der Waals surface area contributed by atoms with Gasteiger partial charge in [0.25, 0.3) is 0 Å². The van der Waals surface area contributed by atoms with Gasteiger partial charge in [-0.25, -0.2) is 8.78 Å². The molecule has 0 unspecified atom stereocenters. The molecule has 2 rings (SSSR count). The van der Waals surface area contributed by atoms with Gasteiger partial charge in [-0.2, -0.15) is 0 Å². The van der Waals surface area contributed by atoms with E-state index < -0.39 is 11.6 Å². The number of Topliss-reactive ketones (excluding diaryl/α,β-unsaturated/α-hetero) is 1. The number of hydrogen-bond acceptors (Lipinski definition) is 2. The minimum atomic E-state index is -0.710. The number of anilines is 1. The van der Waals surface area contributed by atoms with Crippen LogP contribution >= 0.6 is 11.6 Å². The highest BCUT2D eigenvalue weighted by Crippen LogP contribution is 2.21. The van der Waals surface area contributed by atoms with Crippen molar-refractivity contribution in [1.82, 2.24) is 0 Å². The van der Waals surface area contributed by atoms with Crippen LogP contribution in [0, 0.1) is 11.6 Å². The van der Waals surface area contributed by atoms with Gasteiger partial charge in [0.2, 0.25) is 0 Å². The van der Waals surface area contributed by atoms with Crippen LogP contribution in [0.25, 0.3) is 0 Å². The molecule has 0 saturated carbocycles. The normalized spacial score (nSPS) is 10.5. The third-order valence-electron chi connectivity index (χ3n) is 2.61. The van der Waals surface area contributed by atoms with E-state index in [2.05, 4.69) is 0 Å². The molecule has 2 N–H and O–H groups in total. The Balaban J connectivity index is 2.22. The van der Waals surface area contributed by atoms with Gasteiger partial charge in [-0.05, 0) is 35.9 Å². The van der Waals surface area contributed by atoms with Crippen LogP contribution in [0.15, 0.2) is 36.4 Å². The molecule has 5 heteroatoms. The molecular formula is C14H10ClF2NO. The molecule has 98 valence electrons. The molecule has 2 aromatic rings. The first-order valence-electron chi connectivity index (χ1n) is 5.49. The first-order valence-corrected chi connectivity index (χ1v) is 5.86. The highest BCUT2D eigenvalue weighted by atomic mass is 35.5. The first-order chi connectivity index (χ1) is 8.95. The predicted molar refractivity (Wildman–Crippen MR) is 70.3 cm³/mol. The molecule has 0 aromatic heterocycles. The average Bonchev–Trinajstić information content (AvgIpc) is 2.31. The fourth-order valence-electron chi connectivity index (χ4n) is 1.70. The molecular weight excluding hydrogens is 272 g/mol. The van der Waals surface area contributed by atoms with Crippen molar-refractivity contribution in [3.63, 3.8) is 0 Å².